The first-order valence-electron chi connectivity index (χ1n) is 4.85. The van der Waals surface area contributed by atoms with Crippen LogP contribution >= 0.6 is 27.3 Å². The zero-order chi connectivity index (χ0) is 12.4. The highest BCUT2D eigenvalue weighted by Crippen LogP contribution is 2.24. The Bertz CT molecular complexity index is 542. The Morgan fingerprint density at radius 3 is 2.76 bits per heavy atom. The molecule has 90 valence electrons. The van der Waals surface area contributed by atoms with Gasteiger partial charge in [-0.15, -0.1) is 11.3 Å². The molecule has 0 atom stereocenters. The quantitative estimate of drug-likeness (QED) is 0.862. The fourth-order valence-electron chi connectivity index (χ4n) is 1.33. The molecule has 2 aromatic rings. The number of anilines is 1. The lowest BCUT2D eigenvalue weighted by Crippen LogP contribution is -2.02. The summed E-state index contributed by atoms with van der Waals surface area (Å²) in [6.45, 7) is 2.32. The minimum Gasteiger partial charge on any atom is -0.377 e. The lowest BCUT2D eigenvalue weighted by molar-refractivity contribution is 0.580. The molecule has 0 spiro atoms. The van der Waals surface area contributed by atoms with Gasteiger partial charge >= 0.3 is 0 Å². The first kappa shape index (κ1) is 12.4. The van der Waals surface area contributed by atoms with Crippen molar-refractivity contribution < 1.29 is 8.78 Å². The summed E-state index contributed by atoms with van der Waals surface area (Å²) in [6, 6.07) is 2.22. The van der Waals surface area contributed by atoms with E-state index in [0.717, 1.165) is 16.8 Å². The molecule has 1 aromatic carbocycles. The van der Waals surface area contributed by atoms with Crippen LogP contribution in [0.1, 0.15) is 10.7 Å². The van der Waals surface area contributed by atoms with Gasteiger partial charge in [0.15, 0.2) is 0 Å². The summed E-state index contributed by atoms with van der Waals surface area (Å²) in [5.74, 6) is -1.23. The van der Waals surface area contributed by atoms with Crippen molar-refractivity contribution in [1.82, 2.24) is 4.98 Å². The van der Waals surface area contributed by atoms with Crippen molar-refractivity contribution in [3.63, 3.8) is 0 Å². The normalized spacial score (nSPS) is 10.6. The number of hydrogen-bond donors (Lipinski definition) is 1. The third-order valence-corrected chi connectivity index (χ3v) is 3.57. The molecule has 6 heteroatoms. The number of nitrogens with zero attached hydrogens (tertiary/aromatic N) is 1. The van der Waals surface area contributed by atoms with Crippen LogP contribution in [-0.4, -0.2) is 4.98 Å². The standard InChI is InChI=1S/C11H9BrF2N2S/c1-6-16-7(5-17-6)4-15-11-2-8(12)9(13)3-10(11)14/h2-3,5,15H,4H2,1H3. The first-order valence-corrected chi connectivity index (χ1v) is 6.53. The Morgan fingerprint density at radius 1 is 1.35 bits per heavy atom. The van der Waals surface area contributed by atoms with Crippen molar-refractivity contribution in [2.45, 2.75) is 13.5 Å². The van der Waals surface area contributed by atoms with Crippen LogP contribution in [0.3, 0.4) is 0 Å². The van der Waals surface area contributed by atoms with Crippen LogP contribution < -0.4 is 5.32 Å². The molecule has 0 aliphatic carbocycles. The van der Waals surface area contributed by atoms with E-state index in [-0.39, 0.29) is 10.2 Å². The monoisotopic (exact) mass is 318 g/mol. The van der Waals surface area contributed by atoms with E-state index in [2.05, 4.69) is 26.2 Å². The van der Waals surface area contributed by atoms with Gasteiger partial charge in [0.05, 0.1) is 27.4 Å². The molecule has 0 aliphatic heterocycles. The van der Waals surface area contributed by atoms with E-state index in [1.807, 2.05) is 12.3 Å². The maximum Gasteiger partial charge on any atom is 0.149 e. The van der Waals surface area contributed by atoms with Crippen molar-refractivity contribution in [3.8, 4) is 0 Å². The highest BCUT2D eigenvalue weighted by Gasteiger charge is 2.08. The van der Waals surface area contributed by atoms with Crippen LogP contribution in [0.2, 0.25) is 0 Å². The number of aromatic nitrogens is 1. The lowest BCUT2D eigenvalue weighted by atomic mass is 10.3. The van der Waals surface area contributed by atoms with E-state index in [1.165, 1.54) is 17.4 Å². The molecule has 2 nitrogen and oxygen atoms in total. The van der Waals surface area contributed by atoms with E-state index in [0.29, 0.717) is 6.54 Å². The molecule has 0 aliphatic rings. The van der Waals surface area contributed by atoms with Gasteiger partial charge in [-0.05, 0) is 28.9 Å². The fraction of sp³-hybridized carbons (Fsp3) is 0.182. The van der Waals surface area contributed by atoms with E-state index >= 15 is 0 Å². The lowest BCUT2D eigenvalue weighted by Gasteiger charge is -2.07. The molecule has 1 aromatic heterocycles. The molecule has 1 N–H and O–H groups in total. The van der Waals surface area contributed by atoms with Crippen molar-refractivity contribution in [2.24, 2.45) is 0 Å². The molecule has 0 fully saturated rings. The predicted octanol–water partition coefficient (Wildman–Crippen LogP) is 4.10. The summed E-state index contributed by atoms with van der Waals surface area (Å²) in [7, 11) is 0. The summed E-state index contributed by atoms with van der Waals surface area (Å²) in [5.41, 5.74) is 1.09. The Kier molecular flexibility index (Phi) is 3.73. The third-order valence-electron chi connectivity index (χ3n) is 2.14. The zero-order valence-corrected chi connectivity index (χ0v) is 11.3. The Labute approximate surface area is 110 Å². The molecule has 0 amide bonds. The van der Waals surface area contributed by atoms with Crippen molar-refractivity contribution in [1.29, 1.82) is 0 Å². The van der Waals surface area contributed by atoms with Gasteiger partial charge in [0.1, 0.15) is 11.6 Å². The maximum absolute atomic E-state index is 13.4. The summed E-state index contributed by atoms with van der Waals surface area (Å²) in [6.07, 6.45) is 0. The van der Waals surface area contributed by atoms with E-state index in [1.54, 1.807) is 0 Å². The van der Waals surface area contributed by atoms with Gasteiger partial charge in [-0.25, -0.2) is 13.8 Å². The number of benzene rings is 1. The number of halogens is 3. The Balaban J connectivity index is 2.11. The fourth-order valence-corrected chi connectivity index (χ4v) is 2.29. The molecular formula is C11H9BrF2N2S. The molecular weight excluding hydrogens is 310 g/mol. The SMILES string of the molecule is Cc1nc(CNc2cc(Br)c(F)cc2F)cs1. The Morgan fingerprint density at radius 2 is 2.12 bits per heavy atom. The second kappa shape index (κ2) is 5.10. The van der Waals surface area contributed by atoms with Crippen LogP contribution in [0, 0.1) is 18.6 Å². The minimum absolute atomic E-state index is 0.232. The van der Waals surface area contributed by atoms with Crippen molar-refractivity contribution in [2.75, 3.05) is 5.32 Å². The van der Waals surface area contributed by atoms with Crippen LogP contribution in [0.25, 0.3) is 0 Å². The van der Waals surface area contributed by atoms with Crippen LogP contribution in [-0.2, 0) is 6.54 Å². The maximum atomic E-state index is 13.4. The first-order chi connectivity index (χ1) is 8.06. The molecule has 0 saturated heterocycles. The molecule has 0 saturated carbocycles. The third kappa shape index (κ3) is 3.01. The molecule has 0 bridgehead atoms. The summed E-state index contributed by atoms with van der Waals surface area (Å²) < 4.78 is 26.6. The molecule has 0 radical (unpaired) electrons. The van der Waals surface area contributed by atoms with Crippen LogP contribution in [0.4, 0.5) is 14.5 Å². The van der Waals surface area contributed by atoms with Gasteiger partial charge in [0.25, 0.3) is 0 Å². The van der Waals surface area contributed by atoms with Gasteiger partial charge in [-0.2, -0.15) is 0 Å². The molecule has 17 heavy (non-hydrogen) atoms. The van der Waals surface area contributed by atoms with Gasteiger partial charge < -0.3 is 5.32 Å². The topological polar surface area (TPSA) is 24.9 Å². The van der Waals surface area contributed by atoms with E-state index in [4.69, 9.17) is 0 Å². The number of rotatable bonds is 3. The van der Waals surface area contributed by atoms with Gasteiger partial charge in [0.2, 0.25) is 0 Å². The molecule has 0 unspecified atom stereocenters. The van der Waals surface area contributed by atoms with E-state index < -0.39 is 11.6 Å². The molecule has 1 heterocycles. The smallest absolute Gasteiger partial charge is 0.149 e. The number of thiazole rings is 1. The van der Waals surface area contributed by atoms with Crippen molar-refractivity contribution in [3.05, 3.63) is 44.3 Å². The van der Waals surface area contributed by atoms with Crippen LogP contribution in [0.15, 0.2) is 22.0 Å². The Hall–Kier alpha value is -1.01. The molecule has 2 rings (SSSR count). The predicted molar refractivity (Wildman–Crippen MR) is 68.2 cm³/mol. The van der Waals surface area contributed by atoms with Gasteiger partial charge in [-0.1, -0.05) is 0 Å². The largest absolute Gasteiger partial charge is 0.377 e. The minimum atomic E-state index is -0.613. The number of hydrogen-bond acceptors (Lipinski definition) is 3. The van der Waals surface area contributed by atoms with Crippen LogP contribution in [0.5, 0.6) is 0 Å². The van der Waals surface area contributed by atoms with Gasteiger partial charge in [-0.3, -0.25) is 0 Å². The summed E-state index contributed by atoms with van der Waals surface area (Å²) in [5, 5.41) is 5.75. The average molecular weight is 319 g/mol. The van der Waals surface area contributed by atoms with Gasteiger partial charge in [0, 0.05) is 11.4 Å². The van der Waals surface area contributed by atoms with E-state index in [9.17, 15) is 8.78 Å². The summed E-state index contributed by atoms with van der Waals surface area (Å²) in [4.78, 5) is 4.24. The number of aryl methyl sites for hydroxylation is 1. The highest BCUT2D eigenvalue weighted by atomic mass is 79.9. The number of nitrogens with one attached hydrogen (secondary N) is 1. The highest BCUT2D eigenvalue weighted by molar-refractivity contribution is 9.10. The van der Waals surface area contributed by atoms with Crippen molar-refractivity contribution >= 4 is 33.0 Å². The average Bonchev–Trinajstić information content (AvgIpc) is 2.68. The second-order valence-electron chi connectivity index (χ2n) is 3.46. The second-order valence-corrected chi connectivity index (χ2v) is 5.37. The summed E-state index contributed by atoms with van der Waals surface area (Å²) >= 11 is 4.55. The zero-order valence-electron chi connectivity index (χ0n) is 8.93.